The summed E-state index contributed by atoms with van der Waals surface area (Å²) in [6, 6.07) is 5.25. The Kier molecular flexibility index (Phi) is 4.70. The quantitative estimate of drug-likeness (QED) is 0.681. The largest absolute Gasteiger partial charge is 0.478 e. The van der Waals surface area contributed by atoms with E-state index >= 15 is 0 Å². The number of thioether (sulfide) groups is 1. The molecule has 0 aromatic heterocycles. The molecule has 0 amide bonds. The number of rotatable bonds is 4. The van der Waals surface area contributed by atoms with Gasteiger partial charge in [0.2, 0.25) is 0 Å². The first-order chi connectivity index (χ1) is 9.56. The van der Waals surface area contributed by atoms with E-state index in [0.717, 1.165) is 35.8 Å². The van der Waals surface area contributed by atoms with Crippen molar-refractivity contribution < 1.29 is 9.90 Å². The molecule has 1 saturated carbocycles. The lowest BCUT2D eigenvalue weighted by molar-refractivity contribution is 0.0697. The van der Waals surface area contributed by atoms with E-state index in [1.54, 1.807) is 23.9 Å². The molecule has 20 heavy (non-hydrogen) atoms. The molecule has 0 heterocycles. The van der Waals surface area contributed by atoms with Crippen molar-refractivity contribution in [1.29, 1.82) is 0 Å². The maximum atomic E-state index is 11.1. The van der Waals surface area contributed by atoms with Crippen LogP contribution >= 0.6 is 11.8 Å². The molecule has 0 aliphatic heterocycles. The number of carbonyl (C=O) groups is 1. The molecule has 1 aliphatic carbocycles. The van der Waals surface area contributed by atoms with Crippen LogP contribution in [0.4, 0.5) is 5.69 Å². The molecule has 108 valence electrons. The molecule has 0 radical (unpaired) electrons. The van der Waals surface area contributed by atoms with Crippen molar-refractivity contribution in [1.82, 2.24) is 4.90 Å². The summed E-state index contributed by atoms with van der Waals surface area (Å²) in [6.45, 7) is 2.98. The highest BCUT2D eigenvalue weighted by Gasteiger charge is 2.27. The van der Waals surface area contributed by atoms with E-state index in [1.165, 1.54) is 0 Å². The first-order valence-electron chi connectivity index (χ1n) is 6.77. The highest BCUT2D eigenvalue weighted by Crippen LogP contribution is 2.44. The average molecular weight is 292 g/mol. The lowest BCUT2D eigenvalue weighted by Crippen LogP contribution is -2.23. The summed E-state index contributed by atoms with van der Waals surface area (Å²) in [5.74, 6) is -0.402. The number of aromatic carboxylic acids is 1. The Morgan fingerprint density at radius 3 is 2.70 bits per heavy atom. The van der Waals surface area contributed by atoms with Crippen molar-refractivity contribution in [3.8, 4) is 0 Å². The van der Waals surface area contributed by atoms with Crippen LogP contribution in [-0.2, 0) is 0 Å². The Morgan fingerprint density at radius 1 is 1.50 bits per heavy atom. The number of aliphatic imine (C=N–C) groups is 1. The van der Waals surface area contributed by atoms with Gasteiger partial charge >= 0.3 is 5.97 Å². The Labute approximate surface area is 123 Å². The number of hydrogen-bond donors (Lipinski definition) is 1. The Morgan fingerprint density at radius 2 is 2.20 bits per heavy atom. The number of hydrogen-bond acceptors (Lipinski definition) is 3. The zero-order chi connectivity index (χ0) is 14.7. The van der Waals surface area contributed by atoms with E-state index in [1.807, 2.05) is 19.4 Å². The zero-order valence-corrected chi connectivity index (χ0v) is 12.9. The molecule has 0 atom stereocenters. The SMILES string of the molecule is CCN(C)C(=Nc1ccc(C(=O)O)cc1C1CC1)SC. The summed E-state index contributed by atoms with van der Waals surface area (Å²) in [6.07, 6.45) is 4.26. The predicted octanol–water partition coefficient (Wildman–Crippen LogP) is 3.56. The molecule has 1 aromatic carbocycles. The van der Waals surface area contributed by atoms with Crippen LogP contribution in [0, 0.1) is 0 Å². The van der Waals surface area contributed by atoms with Crippen molar-refractivity contribution in [2.24, 2.45) is 4.99 Å². The molecule has 2 rings (SSSR count). The van der Waals surface area contributed by atoms with Gasteiger partial charge in [-0.15, -0.1) is 0 Å². The van der Waals surface area contributed by atoms with Crippen LogP contribution in [0.15, 0.2) is 23.2 Å². The number of nitrogens with zero attached hydrogens (tertiary/aromatic N) is 2. The summed E-state index contributed by atoms with van der Waals surface area (Å²) < 4.78 is 0. The van der Waals surface area contributed by atoms with Crippen molar-refractivity contribution in [2.75, 3.05) is 19.8 Å². The molecular formula is C15H20N2O2S. The van der Waals surface area contributed by atoms with Gasteiger partial charge in [0.15, 0.2) is 5.17 Å². The smallest absolute Gasteiger partial charge is 0.335 e. The fourth-order valence-corrected chi connectivity index (χ4v) is 2.67. The molecule has 0 spiro atoms. The lowest BCUT2D eigenvalue weighted by Gasteiger charge is -2.18. The first kappa shape index (κ1) is 14.9. The molecule has 1 aromatic rings. The van der Waals surface area contributed by atoms with E-state index < -0.39 is 5.97 Å². The lowest BCUT2D eigenvalue weighted by atomic mass is 10.0. The Hall–Kier alpha value is -1.49. The highest BCUT2D eigenvalue weighted by molar-refractivity contribution is 8.13. The normalized spacial score (nSPS) is 15.2. The fourth-order valence-electron chi connectivity index (χ4n) is 2.04. The standard InChI is InChI=1S/C15H20N2O2S/c1-4-17(2)15(20-3)16-13-8-7-11(14(18)19)9-12(13)10-5-6-10/h7-10H,4-6H2,1-3H3,(H,18,19). The predicted molar refractivity (Wildman–Crippen MR) is 84.3 cm³/mol. The van der Waals surface area contributed by atoms with Gasteiger partial charge in [-0.2, -0.15) is 0 Å². The topological polar surface area (TPSA) is 52.9 Å². The monoisotopic (exact) mass is 292 g/mol. The molecule has 0 bridgehead atoms. The van der Waals surface area contributed by atoms with Crippen LogP contribution in [-0.4, -0.2) is 41.0 Å². The van der Waals surface area contributed by atoms with Crippen LogP contribution in [0.2, 0.25) is 0 Å². The van der Waals surface area contributed by atoms with Crippen molar-refractivity contribution >= 4 is 28.6 Å². The number of carboxylic acid groups (broad SMARTS) is 1. The van der Waals surface area contributed by atoms with E-state index in [9.17, 15) is 4.79 Å². The third kappa shape index (κ3) is 3.33. The summed E-state index contributed by atoms with van der Waals surface area (Å²) >= 11 is 1.61. The summed E-state index contributed by atoms with van der Waals surface area (Å²) in [4.78, 5) is 17.9. The van der Waals surface area contributed by atoms with Gasteiger partial charge in [0.25, 0.3) is 0 Å². The van der Waals surface area contributed by atoms with E-state index in [2.05, 4.69) is 11.8 Å². The van der Waals surface area contributed by atoms with Gasteiger partial charge in [-0.05, 0) is 55.7 Å². The molecule has 1 aliphatic rings. The maximum Gasteiger partial charge on any atom is 0.335 e. The first-order valence-corrected chi connectivity index (χ1v) is 8.00. The van der Waals surface area contributed by atoms with Crippen LogP contribution < -0.4 is 0 Å². The summed E-state index contributed by atoms with van der Waals surface area (Å²) in [7, 11) is 2.01. The van der Waals surface area contributed by atoms with Crippen LogP contribution in [0.5, 0.6) is 0 Å². The van der Waals surface area contributed by atoms with Gasteiger partial charge < -0.3 is 10.0 Å². The second-order valence-corrected chi connectivity index (χ2v) is 5.74. The van der Waals surface area contributed by atoms with Crippen molar-refractivity contribution in [3.63, 3.8) is 0 Å². The van der Waals surface area contributed by atoms with Crippen LogP contribution in [0.25, 0.3) is 0 Å². The van der Waals surface area contributed by atoms with E-state index in [4.69, 9.17) is 10.1 Å². The van der Waals surface area contributed by atoms with Crippen molar-refractivity contribution in [3.05, 3.63) is 29.3 Å². The van der Waals surface area contributed by atoms with Gasteiger partial charge in [-0.3, -0.25) is 0 Å². The van der Waals surface area contributed by atoms with Gasteiger partial charge in [-0.1, -0.05) is 11.8 Å². The summed E-state index contributed by atoms with van der Waals surface area (Å²) in [5, 5.41) is 10.1. The zero-order valence-electron chi connectivity index (χ0n) is 12.1. The molecule has 4 nitrogen and oxygen atoms in total. The molecule has 0 unspecified atom stereocenters. The number of carboxylic acids is 1. The average Bonchev–Trinajstić information content (AvgIpc) is 3.28. The second-order valence-electron chi connectivity index (χ2n) is 4.97. The molecule has 5 heteroatoms. The Balaban J connectivity index is 2.40. The summed E-state index contributed by atoms with van der Waals surface area (Å²) in [5.41, 5.74) is 2.32. The molecule has 1 N–H and O–H groups in total. The van der Waals surface area contributed by atoms with E-state index in [-0.39, 0.29) is 0 Å². The Bertz CT molecular complexity index is 539. The fraction of sp³-hybridized carbons (Fsp3) is 0.467. The maximum absolute atomic E-state index is 11.1. The number of amidine groups is 1. The van der Waals surface area contributed by atoms with Crippen LogP contribution in [0.3, 0.4) is 0 Å². The van der Waals surface area contributed by atoms with Gasteiger partial charge in [0, 0.05) is 13.6 Å². The third-order valence-corrected chi connectivity index (χ3v) is 4.26. The highest BCUT2D eigenvalue weighted by atomic mass is 32.2. The van der Waals surface area contributed by atoms with Gasteiger partial charge in [0.05, 0.1) is 11.3 Å². The second kappa shape index (κ2) is 6.31. The van der Waals surface area contributed by atoms with Gasteiger partial charge in [0.1, 0.15) is 0 Å². The minimum absolute atomic E-state index is 0.348. The molecule has 1 fully saturated rings. The van der Waals surface area contributed by atoms with Crippen molar-refractivity contribution in [2.45, 2.75) is 25.7 Å². The molecular weight excluding hydrogens is 272 g/mol. The minimum atomic E-state index is -0.877. The van der Waals surface area contributed by atoms with Gasteiger partial charge in [-0.25, -0.2) is 9.79 Å². The van der Waals surface area contributed by atoms with Crippen LogP contribution in [0.1, 0.15) is 41.6 Å². The van der Waals surface area contributed by atoms with E-state index in [0.29, 0.717) is 11.5 Å². The number of benzene rings is 1. The minimum Gasteiger partial charge on any atom is -0.478 e. The third-order valence-electron chi connectivity index (χ3n) is 3.49. The molecule has 0 saturated heterocycles.